The third kappa shape index (κ3) is 6.24. The Kier molecular flexibility index (Phi) is 7.50. The summed E-state index contributed by atoms with van der Waals surface area (Å²) >= 11 is 0. The van der Waals surface area contributed by atoms with Crippen molar-refractivity contribution in [2.24, 2.45) is 5.92 Å². The summed E-state index contributed by atoms with van der Waals surface area (Å²) in [7, 11) is 0. The fourth-order valence-electron chi connectivity index (χ4n) is 1.40. The largest absolute Gasteiger partial charge is 0.313 e. The Bertz CT molecular complexity index is 356. The summed E-state index contributed by atoms with van der Waals surface area (Å²) in [6, 6.07) is 6.74. The lowest BCUT2D eigenvalue weighted by atomic mass is 10.1. The fourth-order valence-corrected chi connectivity index (χ4v) is 1.40. The van der Waals surface area contributed by atoms with E-state index in [1.54, 1.807) is 12.1 Å². The van der Waals surface area contributed by atoms with Gasteiger partial charge in [-0.2, -0.15) is 0 Å². The van der Waals surface area contributed by atoms with Crippen LogP contribution in [-0.4, -0.2) is 11.5 Å². The first-order valence-corrected chi connectivity index (χ1v) is 5.53. The van der Waals surface area contributed by atoms with E-state index in [4.69, 9.17) is 0 Å². The third-order valence-corrected chi connectivity index (χ3v) is 2.35. The highest BCUT2D eigenvalue weighted by molar-refractivity contribution is 5.85. The average Bonchev–Trinajstić information content (AvgIpc) is 2.24. The molecule has 0 aliphatic rings. The topological polar surface area (TPSA) is 55.2 Å². The van der Waals surface area contributed by atoms with Gasteiger partial charge in [0.25, 0.3) is 5.69 Å². The highest BCUT2D eigenvalue weighted by Gasteiger charge is 2.04. The van der Waals surface area contributed by atoms with Gasteiger partial charge in [-0.25, -0.2) is 0 Å². The number of nitro benzene ring substituents is 1. The van der Waals surface area contributed by atoms with Gasteiger partial charge in [0.1, 0.15) is 0 Å². The number of hydrogen-bond acceptors (Lipinski definition) is 3. The molecule has 5 heteroatoms. The Labute approximate surface area is 108 Å². The van der Waals surface area contributed by atoms with Crippen LogP contribution in [0.15, 0.2) is 24.3 Å². The van der Waals surface area contributed by atoms with Gasteiger partial charge in [-0.15, -0.1) is 12.4 Å². The molecule has 17 heavy (non-hydrogen) atoms. The van der Waals surface area contributed by atoms with Crippen molar-refractivity contribution in [3.8, 4) is 0 Å². The Balaban J connectivity index is 0.00000256. The molecule has 0 amide bonds. The van der Waals surface area contributed by atoms with Gasteiger partial charge >= 0.3 is 0 Å². The van der Waals surface area contributed by atoms with Crippen LogP contribution < -0.4 is 5.32 Å². The van der Waals surface area contributed by atoms with E-state index in [2.05, 4.69) is 19.2 Å². The molecule has 1 aromatic rings. The molecule has 1 rings (SSSR count). The van der Waals surface area contributed by atoms with Crippen LogP contribution in [0.2, 0.25) is 0 Å². The standard InChI is InChI=1S/C12H18N2O2.ClH/c1-10(2)6-7-13-9-11-4-3-5-12(8-11)14(15)16;/h3-5,8,10,13H,6-7,9H2,1-2H3;1H. The minimum absolute atomic E-state index is 0. The summed E-state index contributed by atoms with van der Waals surface area (Å²) < 4.78 is 0. The van der Waals surface area contributed by atoms with Crippen molar-refractivity contribution < 1.29 is 4.92 Å². The summed E-state index contributed by atoms with van der Waals surface area (Å²) in [6.07, 6.45) is 1.12. The maximum Gasteiger partial charge on any atom is 0.269 e. The Morgan fingerprint density at radius 2 is 2.12 bits per heavy atom. The van der Waals surface area contributed by atoms with Gasteiger partial charge in [0.15, 0.2) is 0 Å². The molecule has 0 aromatic heterocycles. The van der Waals surface area contributed by atoms with E-state index in [9.17, 15) is 10.1 Å². The first-order chi connectivity index (χ1) is 7.59. The van der Waals surface area contributed by atoms with E-state index in [1.165, 1.54) is 6.07 Å². The quantitative estimate of drug-likeness (QED) is 0.484. The van der Waals surface area contributed by atoms with Gasteiger partial charge in [0.2, 0.25) is 0 Å². The number of nitrogens with one attached hydrogen (secondary N) is 1. The molecule has 96 valence electrons. The number of nitrogens with zero attached hydrogens (tertiary/aromatic N) is 1. The monoisotopic (exact) mass is 258 g/mol. The van der Waals surface area contributed by atoms with Gasteiger partial charge in [0.05, 0.1) is 4.92 Å². The van der Waals surface area contributed by atoms with Crippen LogP contribution in [0.5, 0.6) is 0 Å². The van der Waals surface area contributed by atoms with E-state index in [-0.39, 0.29) is 23.0 Å². The Morgan fingerprint density at radius 3 is 2.71 bits per heavy atom. The van der Waals surface area contributed by atoms with Crippen LogP contribution >= 0.6 is 12.4 Å². The minimum Gasteiger partial charge on any atom is -0.313 e. The summed E-state index contributed by atoms with van der Waals surface area (Å²) in [5, 5.41) is 13.8. The molecule has 0 fully saturated rings. The second-order valence-electron chi connectivity index (χ2n) is 4.29. The molecule has 0 atom stereocenters. The van der Waals surface area contributed by atoms with Crippen molar-refractivity contribution in [1.82, 2.24) is 5.32 Å². The van der Waals surface area contributed by atoms with Gasteiger partial charge in [-0.1, -0.05) is 26.0 Å². The normalized spacial score (nSPS) is 10.1. The van der Waals surface area contributed by atoms with Crippen LogP contribution in [0.4, 0.5) is 5.69 Å². The highest BCUT2D eigenvalue weighted by Crippen LogP contribution is 2.12. The molecule has 0 spiro atoms. The molecule has 0 aliphatic heterocycles. The van der Waals surface area contributed by atoms with E-state index in [0.717, 1.165) is 18.5 Å². The molecule has 0 bridgehead atoms. The first-order valence-electron chi connectivity index (χ1n) is 5.53. The number of non-ortho nitro benzene ring substituents is 1. The maximum absolute atomic E-state index is 10.6. The Hall–Kier alpha value is -1.13. The van der Waals surface area contributed by atoms with E-state index in [1.807, 2.05) is 6.07 Å². The second-order valence-corrected chi connectivity index (χ2v) is 4.29. The molecule has 1 N–H and O–H groups in total. The predicted octanol–water partition coefficient (Wildman–Crippen LogP) is 3.15. The van der Waals surface area contributed by atoms with Crippen molar-refractivity contribution in [2.45, 2.75) is 26.8 Å². The zero-order valence-corrected chi connectivity index (χ0v) is 11.0. The minimum atomic E-state index is -0.363. The van der Waals surface area contributed by atoms with Gasteiger partial charge < -0.3 is 5.32 Å². The van der Waals surface area contributed by atoms with Crippen LogP contribution in [-0.2, 0) is 6.54 Å². The van der Waals surface area contributed by atoms with Crippen LogP contribution in [0, 0.1) is 16.0 Å². The molecule has 4 nitrogen and oxygen atoms in total. The molecule has 0 radical (unpaired) electrons. The molecular formula is C12H19ClN2O2. The summed E-state index contributed by atoms with van der Waals surface area (Å²) in [4.78, 5) is 10.2. The first kappa shape index (κ1) is 15.9. The molecule has 0 unspecified atom stereocenters. The number of benzene rings is 1. The summed E-state index contributed by atoms with van der Waals surface area (Å²) in [6.45, 7) is 5.98. The number of rotatable bonds is 6. The van der Waals surface area contributed by atoms with Crippen molar-refractivity contribution in [2.75, 3.05) is 6.54 Å². The van der Waals surface area contributed by atoms with Crippen molar-refractivity contribution in [3.63, 3.8) is 0 Å². The van der Waals surface area contributed by atoms with Crippen molar-refractivity contribution >= 4 is 18.1 Å². The molecule has 1 aromatic carbocycles. The maximum atomic E-state index is 10.6. The number of hydrogen-bond donors (Lipinski definition) is 1. The Morgan fingerprint density at radius 1 is 1.41 bits per heavy atom. The zero-order valence-electron chi connectivity index (χ0n) is 10.2. The van der Waals surface area contributed by atoms with Crippen molar-refractivity contribution in [3.05, 3.63) is 39.9 Å². The van der Waals surface area contributed by atoms with Crippen molar-refractivity contribution in [1.29, 1.82) is 0 Å². The van der Waals surface area contributed by atoms with E-state index in [0.29, 0.717) is 12.5 Å². The zero-order chi connectivity index (χ0) is 12.0. The number of nitro groups is 1. The smallest absolute Gasteiger partial charge is 0.269 e. The number of halogens is 1. The molecule has 0 saturated heterocycles. The SMILES string of the molecule is CC(C)CCNCc1cccc([N+](=O)[O-])c1.Cl. The lowest BCUT2D eigenvalue weighted by Crippen LogP contribution is -2.16. The lowest BCUT2D eigenvalue weighted by molar-refractivity contribution is -0.384. The average molecular weight is 259 g/mol. The second kappa shape index (κ2) is 8.03. The van der Waals surface area contributed by atoms with Gasteiger partial charge in [-0.05, 0) is 24.4 Å². The molecule has 0 heterocycles. The van der Waals surface area contributed by atoms with E-state index >= 15 is 0 Å². The highest BCUT2D eigenvalue weighted by atomic mass is 35.5. The van der Waals surface area contributed by atoms with Crippen LogP contribution in [0.25, 0.3) is 0 Å². The molecule has 0 aliphatic carbocycles. The third-order valence-electron chi connectivity index (χ3n) is 2.35. The van der Waals surface area contributed by atoms with Crippen LogP contribution in [0.3, 0.4) is 0 Å². The summed E-state index contributed by atoms with van der Waals surface area (Å²) in [5.74, 6) is 0.678. The van der Waals surface area contributed by atoms with E-state index < -0.39 is 0 Å². The summed E-state index contributed by atoms with van der Waals surface area (Å²) in [5.41, 5.74) is 1.11. The van der Waals surface area contributed by atoms with Gasteiger partial charge in [-0.3, -0.25) is 10.1 Å². The molecule has 0 saturated carbocycles. The molecular weight excluding hydrogens is 240 g/mol. The van der Waals surface area contributed by atoms with Crippen LogP contribution in [0.1, 0.15) is 25.8 Å². The van der Waals surface area contributed by atoms with Gasteiger partial charge in [0, 0.05) is 18.7 Å². The fraction of sp³-hybridized carbons (Fsp3) is 0.500. The predicted molar refractivity (Wildman–Crippen MR) is 71.5 cm³/mol. The lowest BCUT2D eigenvalue weighted by Gasteiger charge is -2.06.